The second-order valence-electron chi connectivity index (χ2n) is 4.37. The zero-order chi connectivity index (χ0) is 14.8. The fraction of sp³-hybridized carbons (Fsp3) is 0. The van der Waals surface area contributed by atoms with E-state index in [1.54, 1.807) is 12.1 Å². The number of halogens is 3. The average molecular weight is 411 g/mol. The summed E-state index contributed by atoms with van der Waals surface area (Å²) in [6, 6.07) is 15.8. The Morgan fingerprint density at radius 3 is 2.19 bits per heavy atom. The van der Waals surface area contributed by atoms with E-state index in [-0.39, 0.29) is 5.82 Å². The van der Waals surface area contributed by atoms with E-state index in [0.29, 0.717) is 11.0 Å². The van der Waals surface area contributed by atoms with Crippen LogP contribution in [-0.2, 0) is 0 Å². The van der Waals surface area contributed by atoms with Crippen LogP contribution in [-0.4, -0.2) is 9.97 Å². The molecule has 21 heavy (non-hydrogen) atoms. The minimum atomic E-state index is -0.293. The van der Waals surface area contributed by atoms with E-state index >= 15 is 0 Å². The monoisotopic (exact) mass is 410 g/mol. The van der Waals surface area contributed by atoms with Gasteiger partial charge in [-0.3, -0.25) is 0 Å². The highest BCUT2D eigenvalue weighted by Gasteiger charge is 2.13. The summed E-state index contributed by atoms with van der Waals surface area (Å²) in [5.41, 5.74) is 2.47. The first-order chi connectivity index (χ1) is 10.1. The summed E-state index contributed by atoms with van der Waals surface area (Å²) in [5.74, 6) is 0.193. The van der Waals surface area contributed by atoms with Crippen molar-refractivity contribution in [1.82, 2.24) is 9.97 Å². The molecule has 3 aromatic rings. The van der Waals surface area contributed by atoms with E-state index in [9.17, 15) is 4.39 Å². The van der Waals surface area contributed by atoms with Gasteiger partial charge in [-0.05, 0) is 46.9 Å². The molecule has 2 aromatic carbocycles. The highest BCUT2D eigenvalue weighted by molar-refractivity contribution is 14.1. The fourth-order valence-corrected chi connectivity index (χ4v) is 2.66. The van der Waals surface area contributed by atoms with E-state index in [1.807, 2.05) is 30.3 Å². The standard InChI is InChI=1S/C16H9ClFIN2/c17-15-13(19)14(10-4-2-1-3-5-10)20-16(21-15)11-6-8-12(18)9-7-11/h1-9H. The summed E-state index contributed by atoms with van der Waals surface area (Å²) in [5, 5.41) is 0.392. The predicted molar refractivity (Wildman–Crippen MR) is 90.6 cm³/mol. The molecule has 0 spiro atoms. The van der Waals surface area contributed by atoms with Crippen molar-refractivity contribution in [3.63, 3.8) is 0 Å². The maximum atomic E-state index is 13.0. The van der Waals surface area contributed by atoms with Gasteiger partial charge < -0.3 is 0 Å². The second kappa shape index (κ2) is 6.07. The average Bonchev–Trinajstić information content (AvgIpc) is 2.51. The molecule has 0 unspecified atom stereocenters. The van der Waals surface area contributed by atoms with Crippen LogP contribution in [0.4, 0.5) is 4.39 Å². The van der Waals surface area contributed by atoms with Crippen LogP contribution in [0, 0.1) is 9.39 Å². The number of benzene rings is 2. The van der Waals surface area contributed by atoms with Gasteiger partial charge in [-0.2, -0.15) is 0 Å². The van der Waals surface area contributed by atoms with Crippen LogP contribution < -0.4 is 0 Å². The first kappa shape index (κ1) is 14.4. The first-order valence-electron chi connectivity index (χ1n) is 6.19. The minimum absolute atomic E-state index is 0.293. The molecule has 104 valence electrons. The smallest absolute Gasteiger partial charge is 0.161 e. The van der Waals surface area contributed by atoms with Crippen LogP contribution >= 0.6 is 34.2 Å². The van der Waals surface area contributed by atoms with Gasteiger partial charge in [0.2, 0.25) is 0 Å². The summed E-state index contributed by atoms with van der Waals surface area (Å²) >= 11 is 8.35. The predicted octanol–water partition coefficient (Wildman–Crippen LogP) is 5.21. The molecule has 0 aliphatic rings. The Bertz CT molecular complexity index is 776. The maximum absolute atomic E-state index is 13.0. The Labute approximate surface area is 140 Å². The Hall–Kier alpha value is -1.53. The zero-order valence-electron chi connectivity index (χ0n) is 10.7. The van der Waals surface area contributed by atoms with Crippen LogP contribution in [0.15, 0.2) is 54.6 Å². The molecule has 1 aromatic heterocycles. The van der Waals surface area contributed by atoms with Crippen molar-refractivity contribution in [1.29, 1.82) is 0 Å². The van der Waals surface area contributed by atoms with Gasteiger partial charge in [0.25, 0.3) is 0 Å². The van der Waals surface area contributed by atoms with Crippen LogP contribution in [0.5, 0.6) is 0 Å². The Balaban J connectivity index is 2.16. The molecule has 0 saturated heterocycles. The molecule has 0 bridgehead atoms. The van der Waals surface area contributed by atoms with Gasteiger partial charge in [-0.25, -0.2) is 14.4 Å². The summed E-state index contributed by atoms with van der Waals surface area (Å²) in [4.78, 5) is 8.86. The lowest BCUT2D eigenvalue weighted by Crippen LogP contribution is -1.97. The van der Waals surface area contributed by atoms with Crippen molar-refractivity contribution in [2.24, 2.45) is 0 Å². The van der Waals surface area contributed by atoms with Crippen molar-refractivity contribution in [2.45, 2.75) is 0 Å². The van der Waals surface area contributed by atoms with E-state index in [0.717, 1.165) is 20.4 Å². The third-order valence-electron chi connectivity index (χ3n) is 2.96. The van der Waals surface area contributed by atoms with E-state index in [2.05, 4.69) is 32.6 Å². The van der Waals surface area contributed by atoms with Crippen LogP contribution in [0.3, 0.4) is 0 Å². The molecule has 0 N–H and O–H groups in total. The summed E-state index contributed by atoms with van der Waals surface area (Å²) in [6.07, 6.45) is 0. The van der Waals surface area contributed by atoms with Crippen LogP contribution in [0.1, 0.15) is 0 Å². The molecule has 3 rings (SSSR count). The van der Waals surface area contributed by atoms with E-state index in [4.69, 9.17) is 11.6 Å². The van der Waals surface area contributed by atoms with Gasteiger partial charge in [-0.15, -0.1) is 0 Å². The fourth-order valence-electron chi connectivity index (χ4n) is 1.94. The van der Waals surface area contributed by atoms with Crippen LogP contribution in [0.25, 0.3) is 22.6 Å². The highest BCUT2D eigenvalue weighted by atomic mass is 127. The lowest BCUT2D eigenvalue weighted by molar-refractivity contribution is 0.628. The third-order valence-corrected chi connectivity index (χ3v) is 4.57. The number of hydrogen-bond donors (Lipinski definition) is 0. The molecule has 0 aliphatic heterocycles. The second-order valence-corrected chi connectivity index (χ2v) is 5.81. The third kappa shape index (κ3) is 3.06. The van der Waals surface area contributed by atoms with E-state index < -0.39 is 0 Å². The van der Waals surface area contributed by atoms with Crippen molar-refractivity contribution < 1.29 is 4.39 Å². The molecular formula is C16H9ClFIN2. The van der Waals surface area contributed by atoms with Crippen molar-refractivity contribution >= 4 is 34.2 Å². The van der Waals surface area contributed by atoms with Gasteiger partial charge in [0.15, 0.2) is 5.82 Å². The molecule has 2 nitrogen and oxygen atoms in total. The molecule has 1 heterocycles. The van der Waals surface area contributed by atoms with Crippen molar-refractivity contribution in [2.75, 3.05) is 0 Å². The van der Waals surface area contributed by atoms with Crippen LogP contribution in [0.2, 0.25) is 5.15 Å². The summed E-state index contributed by atoms with van der Waals surface area (Å²) in [6.45, 7) is 0. The SMILES string of the molecule is Fc1ccc(-c2nc(Cl)c(I)c(-c3ccccc3)n2)cc1. The lowest BCUT2D eigenvalue weighted by atomic mass is 10.1. The molecule has 0 fully saturated rings. The Morgan fingerprint density at radius 2 is 1.52 bits per heavy atom. The quantitative estimate of drug-likeness (QED) is 0.428. The first-order valence-corrected chi connectivity index (χ1v) is 7.65. The van der Waals surface area contributed by atoms with E-state index in [1.165, 1.54) is 12.1 Å². The highest BCUT2D eigenvalue weighted by Crippen LogP contribution is 2.30. The molecule has 0 aliphatic carbocycles. The lowest BCUT2D eigenvalue weighted by Gasteiger charge is -2.08. The van der Waals surface area contributed by atoms with Crippen molar-refractivity contribution in [3.8, 4) is 22.6 Å². The number of rotatable bonds is 2. The molecule has 5 heteroatoms. The van der Waals surface area contributed by atoms with Gasteiger partial charge in [0, 0.05) is 11.1 Å². The normalized spacial score (nSPS) is 10.6. The minimum Gasteiger partial charge on any atom is -0.227 e. The van der Waals surface area contributed by atoms with Gasteiger partial charge in [0.1, 0.15) is 11.0 Å². The molecule has 0 radical (unpaired) electrons. The number of aromatic nitrogens is 2. The maximum Gasteiger partial charge on any atom is 0.161 e. The molecule has 0 amide bonds. The Morgan fingerprint density at radius 1 is 0.857 bits per heavy atom. The van der Waals surface area contributed by atoms with Gasteiger partial charge >= 0.3 is 0 Å². The number of nitrogens with zero attached hydrogens (tertiary/aromatic N) is 2. The zero-order valence-corrected chi connectivity index (χ0v) is 13.6. The molecule has 0 saturated carbocycles. The Kier molecular flexibility index (Phi) is 4.17. The summed E-state index contributed by atoms with van der Waals surface area (Å²) < 4.78 is 13.8. The van der Waals surface area contributed by atoms with Crippen molar-refractivity contribution in [3.05, 3.63) is 69.1 Å². The topological polar surface area (TPSA) is 25.8 Å². The summed E-state index contributed by atoms with van der Waals surface area (Å²) in [7, 11) is 0. The molecular weight excluding hydrogens is 402 g/mol. The molecule has 0 atom stereocenters. The number of hydrogen-bond acceptors (Lipinski definition) is 2. The van der Waals surface area contributed by atoms with Gasteiger partial charge in [-0.1, -0.05) is 41.9 Å². The largest absolute Gasteiger partial charge is 0.227 e. The van der Waals surface area contributed by atoms with Gasteiger partial charge in [0.05, 0.1) is 9.26 Å².